The van der Waals surface area contributed by atoms with Crippen molar-refractivity contribution in [3.63, 3.8) is 0 Å². The molecule has 0 heterocycles. The number of rotatable bonds is 7. The molecule has 0 aliphatic heterocycles. The zero-order chi connectivity index (χ0) is 10.4. The van der Waals surface area contributed by atoms with Gasteiger partial charge in [-0.25, -0.2) is 0 Å². The lowest BCUT2D eigenvalue weighted by Gasteiger charge is -2.34. The van der Waals surface area contributed by atoms with Gasteiger partial charge in [0.1, 0.15) is 0 Å². The van der Waals surface area contributed by atoms with E-state index in [0.717, 1.165) is 18.5 Å². The highest BCUT2D eigenvalue weighted by Gasteiger charge is 2.20. The predicted octanol–water partition coefficient (Wildman–Crippen LogP) is 2.11. The summed E-state index contributed by atoms with van der Waals surface area (Å²) < 4.78 is 0. The highest BCUT2D eigenvalue weighted by molar-refractivity contribution is 4.77. The Kier molecular flexibility index (Phi) is 5.49. The summed E-state index contributed by atoms with van der Waals surface area (Å²) >= 11 is 0. The van der Waals surface area contributed by atoms with E-state index in [1.54, 1.807) is 0 Å². The van der Waals surface area contributed by atoms with Crippen LogP contribution in [0.1, 0.15) is 39.5 Å². The Morgan fingerprint density at radius 2 is 2.00 bits per heavy atom. The zero-order valence-corrected chi connectivity index (χ0v) is 10.1. The monoisotopic (exact) mass is 198 g/mol. The van der Waals surface area contributed by atoms with Crippen molar-refractivity contribution in [3.8, 4) is 0 Å². The summed E-state index contributed by atoms with van der Waals surface area (Å²) in [6.45, 7) is 8.10. The highest BCUT2D eigenvalue weighted by atomic mass is 15.1. The fourth-order valence-electron chi connectivity index (χ4n) is 1.78. The number of nitrogens with one attached hydrogen (secondary N) is 1. The van der Waals surface area contributed by atoms with Crippen LogP contribution < -0.4 is 5.32 Å². The van der Waals surface area contributed by atoms with E-state index in [0.29, 0.717) is 0 Å². The topological polar surface area (TPSA) is 15.3 Å². The van der Waals surface area contributed by atoms with Gasteiger partial charge >= 0.3 is 0 Å². The van der Waals surface area contributed by atoms with Crippen molar-refractivity contribution < 1.29 is 0 Å². The highest BCUT2D eigenvalue weighted by Crippen LogP contribution is 2.22. The number of hydrogen-bond acceptors (Lipinski definition) is 2. The summed E-state index contributed by atoms with van der Waals surface area (Å²) in [6, 6.07) is 0.891. The van der Waals surface area contributed by atoms with E-state index < -0.39 is 0 Å². The Labute approximate surface area is 89.1 Å². The summed E-state index contributed by atoms with van der Waals surface area (Å²) in [4.78, 5) is 2.51. The third-order valence-corrected chi connectivity index (χ3v) is 3.24. The Hall–Kier alpha value is -0.0800. The van der Waals surface area contributed by atoms with Crippen LogP contribution in [0.5, 0.6) is 0 Å². The van der Waals surface area contributed by atoms with Gasteiger partial charge in [-0.3, -0.25) is 0 Å². The standard InChI is InChI=1S/C12H26N2/c1-11(2)7-8-13-9-10-14(3)12-5-4-6-12/h11-13H,4-10H2,1-3H3. The van der Waals surface area contributed by atoms with E-state index >= 15 is 0 Å². The maximum absolute atomic E-state index is 3.51. The number of hydrogen-bond donors (Lipinski definition) is 1. The molecule has 0 aromatic rings. The molecule has 0 bridgehead atoms. The Bertz CT molecular complexity index is 141. The Balaban J connectivity index is 1.87. The SMILES string of the molecule is CC(C)CCNCCN(C)C1CCC1. The first-order chi connectivity index (χ1) is 6.70. The molecule has 1 aliphatic rings. The number of nitrogens with zero attached hydrogens (tertiary/aromatic N) is 1. The van der Waals surface area contributed by atoms with Crippen molar-refractivity contribution in [2.75, 3.05) is 26.7 Å². The van der Waals surface area contributed by atoms with Crippen LogP contribution >= 0.6 is 0 Å². The van der Waals surface area contributed by atoms with Crippen LogP contribution in [0.25, 0.3) is 0 Å². The van der Waals surface area contributed by atoms with Crippen molar-refractivity contribution >= 4 is 0 Å². The first kappa shape index (κ1) is 12.0. The minimum atomic E-state index is 0.826. The summed E-state index contributed by atoms with van der Waals surface area (Å²) in [7, 11) is 2.26. The molecule has 0 atom stereocenters. The van der Waals surface area contributed by atoms with Crippen molar-refractivity contribution in [1.82, 2.24) is 10.2 Å². The second kappa shape index (κ2) is 6.41. The molecule has 0 saturated heterocycles. The van der Waals surface area contributed by atoms with Crippen LogP contribution in [0.2, 0.25) is 0 Å². The lowest BCUT2D eigenvalue weighted by Crippen LogP contribution is -2.41. The average molecular weight is 198 g/mol. The van der Waals surface area contributed by atoms with Crippen LogP contribution in [-0.2, 0) is 0 Å². The molecule has 2 heteroatoms. The second-order valence-electron chi connectivity index (χ2n) is 5.00. The normalized spacial score (nSPS) is 17.8. The predicted molar refractivity (Wildman–Crippen MR) is 62.6 cm³/mol. The van der Waals surface area contributed by atoms with Crippen LogP contribution in [0.3, 0.4) is 0 Å². The minimum absolute atomic E-state index is 0.826. The molecule has 0 amide bonds. The molecular weight excluding hydrogens is 172 g/mol. The van der Waals surface area contributed by atoms with Gasteiger partial charge in [0.05, 0.1) is 0 Å². The maximum Gasteiger partial charge on any atom is 0.0107 e. The van der Waals surface area contributed by atoms with Crippen molar-refractivity contribution in [3.05, 3.63) is 0 Å². The van der Waals surface area contributed by atoms with E-state index in [9.17, 15) is 0 Å². The number of likely N-dealkylation sites (N-methyl/N-ethyl adjacent to an activating group) is 1. The summed E-state index contributed by atoms with van der Waals surface area (Å²) in [5, 5.41) is 3.51. The van der Waals surface area contributed by atoms with Crippen LogP contribution in [0.15, 0.2) is 0 Å². The molecule has 1 N–H and O–H groups in total. The smallest absolute Gasteiger partial charge is 0.0107 e. The lowest BCUT2D eigenvalue weighted by molar-refractivity contribution is 0.160. The zero-order valence-electron chi connectivity index (χ0n) is 10.1. The minimum Gasteiger partial charge on any atom is -0.315 e. The van der Waals surface area contributed by atoms with Gasteiger partial charge < -0.3 is 10.2 Å². The van der Waals surface area contributed by atoms with Crippen LogP contribution in [-0.4, -0.2) is 37.6 Å². The average Bonchev–Trinajstić information content (AvgIpc) is 1.99. The van der Waals surface area contributed by atoms with E-state index in [2.05, 4.69) is 31.1 Å². The van der Waals surface area contributed by atoms with E-state index in [-0.39, 0.29) is 0 Å². The second-order valence-corrected chi connectivity index (χ2v) is 5.00. The molecule has 14 heavy (non-hydrogen) atoms. The van der Waals surface area contributed by atoms with E-state index in [4.69, 9.17) is 0 Å². The van der Waals surface area contributed by atoms with Crippen molar-refractivity contribution in [2.24, 2.45) is 5.92 Å². The van der Waals surface area contributed by atoms with Gasteiger partial charge in [0.25, 0.3) is 0 Å². The summed E-state index contributed by atoms with van der Waals surface area (Å²) in [6.07, 6.45) is 5.58. The van der Waals surface area contributed by atoms with Crippen LogP contribution in [0.4, 0.5) is 0 Å². The largest absolute Gasteiger partial charge is 0.315 e. The first-order valence-electron chi connectivity index (χ1n) is 6.11. The molecule has 1 fully saturated rings. The summed E-state index contributed by atoms with van der Waals surface area (Å²) in [5.41, 5.74) is 0. The molecule has 0 aromatic carbocycles. The van der Waals surface area contributed by atoms with E-state index in [1.807, 2.05) is 0 Å². The van der Waals surface area contributed by atoms with Gasteiger partial charge in [-0.2, -0.15) is 0 Å². The van der Waals surface area contributed by atoms with Gasteiger partial charge in [-0.1, -0.05) is 20.3 Å². The maximum atomic E-state index is 3.51. The van der Waals surface area contributed by atoms with Crippen molar-refractivity contribution in [1.29, 1.82) is 0 Å². The van der Waals surface area contributed by atoms with Gasteiger partial charge in [0.2, 0.25) is 0 Å². The third kappa shape index (κ3) is 4.43. The Morgan fingerprint density at radius 1 is 1.29 bits per heavy atom. The van der Waals surface area contributed by atoms with Crippen molar-refractivity contribution in [2.45, 2.75) is 45.6 Å². The van der Waals surface area contributed by atoms with Gasteiger partial charge in [0, 0.05) is 19.1 Å². The molecule has 2 nitrogen and oxygen atoms in total. The lowest BCUT2D eigenvalue weighted by atomic mass is 9.92. The molecule has 1 saturated carbocycles. The fraction of sp³-hybridized carbons (Fsp3) is 1.00. The van der Waals surface area contributed by atoms with Gasteiger partial charge in [-0.05, 0) is 38.8 Å². The molecule has 0 aromatic heterocycles. The molecule has 0 spiro atoms. The molecule has 0 unspecified atom stereocenters. The van der Waals surface area contributed by atoms with E-state index in [1.165, 1.54) is 38.8 Å². The molecule has 84 valence electrons. The van der Waals surface area contributed by atoms with Gasteiger partial charge in [0.15, 0.2) is 0 Å². The Morgan fingerprint density at radius 3 is 2.50 bits per heavy atom. The third-order valence-electron chi connectivity index (χ3n) is 3.24. The molecule has 0 radical (unpaired) electrons. The van der Waals surface area contributed by atoms with Gasteiger partial charge in [-0.15, -0.1) is 0 Å². The first-order valence-corrected chi connectivity index (χ1v) is 6.11. The molecule has 1 aliphatic carbocycles. The fourth-order valence-corrected chi connectivity index (χ4v) is 1.78. The quantitative estimate of drug-likeness (QED) is 0.630. The molecular formula is C12H26N2. The molecule has 1 rings (SSSR count). The van der Waals surface area contributed by atoms with Crippen LogP contribution in [0, 0.1) is 5.92 Å². The summed E-state index contributed by atoms with van der Waals surface area (Å²) in [5.74, 6) is 0.826.